The van der Waals surface area contributed by atoms with Crippen LogP contribution in [0.1, 0.15) is 37.6 Å². The van der Waals surface area contributed by atoms with Gasteiger partial charge in [-0.2, -0.15) is 5.26 Å². The molecule has 0 saturated carbocycles. The van der Waals surface area contributed by atoms with Crippen molar-refractivity contribution in [3.05, 3.63) is 35.9 Å². The van der Waals surface area contributed by atoms with Gasteiger partial charge >= 0.3 is 0 Å². The van der Waals surface area contributed by atoms with Crippen LogP contribution < -0.4 is 0 Å². The Labute approximate surface area is 96.9 Å². The lowest BCUT2D eigenvalue weighted by atomic mass is 9.76. The van der Waals surface area contributed by atoms with E-state index in [1.165, 1.54) is 0 Å². The third kappa shape index (κ3) is 2.70. The van der Waals surface area contributed by atoms with Crippen molar-refractivity contribution in [1.29, 1.82) is 5.26 Å². The molecule has 0 saturated heterocycles. The quantitative estimate of drug-likeness (QED) is 0.722. The molecule has 0 fully saturated rings. The zero-order valence-corrected chi connectivity index (χ0v) is 10.0. The van der Waals surface area contributed by atoms with Crippen molar-refractivity contribution in [2.45, 2.75) is 27.2 Å². The van der Waals surface area contributed by atoms with Crippen LogP contribution in [0.4, 0.5) is 0 Å². The van der Waals surface area contributed by atoms with Crippen molar-refractivity contribution >= 4 is 5.78 Å². The maximum absolute atomic E-state index is 12.0. The van der Waals surface area contributed by atoms with Crippen molar-refractivity contribution in [2.75, 3.05) is 0 Å². The second kappa shape index (κ2) is 4.94. The van der Waals surface area contributed by atoms with Gasteiger partial charge in [-0.3, -0.25) is 4.79 Å². The highest BCUT2D eigenvalue weighted by atomic mass is 16.1. The van der Waals surface area contributed by atoms with E-state index in [0.717, 1.165) is 0 Å². The third-order valence-corrected chi connectivity index (χ3v) is 3.15. The summed E-state index contributed by atoms with van der Waals surface area (Å²) < 4.78 is 0. The average Bonchev–Trinajstić information content (AvgIpc) is 2.29. The fourth-order valence-corrected chi connectivity index (χ4v) is 1.43. The topological polar surface area (TPSA) is 40.9 Å². The highest BCUT2D eigenvalue weighted by molar-refractivity contribution is 5.96. The number of Topliss-reactive ketones (excluding diaryl/α,β-unsaturated/α-hetero) is 1. The first-order valence-corrected chi connectivity index (χ1v) is 5.49. The molecule has 84 valence electrons. The van der Waals surface area contributed by atoms with E-state index in [1.807, 2.05) is 39.0 Å². The van der Waals surface area contributed by atoms with Gasteiger partial charge in [-0.05, 0) is 12.8 Å². The van der Waals surface area contributed by atoms with Crippen LogP contribution in [-0.2, 0) is 0 Å². The molecule has 0 aromatic heterocycles. The van der Waals surface area contributed by atoms with Crippen LogP contribution >= 0.6 is 0 Å². The molecule has 2 nitrogen and oxygen atoms in total. The predicted molar refractivity (Wildman–Crippen MR) is 63.9 cm³/mol. The molecule has 1 atom stereocenters. The lowest BCUT2D eigenvalue weighted by molar-refractivity contribution is 0.0924. The second-order valence-electron chi connectivity index (χ2n) is 4.65. The fraction of sp³-hybridized carbons (Fsp3) is 0.429. The fourth-order valence-electron chi connectivity index (χ4n) is 1.43. The maximum atomic E-state index is 12.0. The highest BCUT2D eigenvalue weighted by Gasteiger charge is 2.31. The highest BCUT2D eigenvalue weighted by Crippen LogP contribution is 2.31. The predicted octanol–water partition coefficient (Wildman–Crippen LogP) is 3.45. The molecule has 1 aromatic rings. The Morgan fingerprint density at radius 2 is 1.94 bits per heavy atom. The zero-order chi connectivity index (χ0) is 12.2. The van der Waals surface area contributed by atoms with Gasteiger partial charge in [0.05, 0.1) is 11.5 Å². The molecule has 0 unspecified atom stereocenters. The van der Waals surface area contributed by atoms with Gasteiger partial charge in [0.25, 0.3) is 0 Å². The van der Waals surface area contributed by atoms with Gasteiger partial charge in [0.15, 0.2) is 5.78 Å². The van der Waals surface area contributed by atoms with Gasteiger partial charge in [-0.15, -0.1) is 0 Å². The number of carbonyl (C=O) groups excluding carboxylic acids is 1. The second-order valence-corrected chi connectivity index (χ2v) is 4.65. The van der Waals surface area contributed by atoms with Crippen LogP contribution in [0.5, 0.6) is 0 Å². The Kier molecular flexibility index (Phi) is 3.84. The molecule has 0 bridgehead atoms. The smallest absolute Gasteiger partial charge is 0.164 e. The van der Waals surface area contributed by atoms with Crippen LogP contribution in [0.25, 0.3) is 0 Å². The minimum atomic E-state index is -0.576. The summed E-state index contributed by atoms with van der Waals surface area (Å²) >= 11 is 0. The molecule has 16 heavy (non-hydrogen) atoms. The SMILES string of the molecule is CC(C)[C@](C)(C#N)CC(=O)c1ccccc1. The summed E-state index contributed by atoms with van der Waals surface area (Å²) in [6, 6.07) is 11.4. The molecular formula is C14H17NO. The monoisotopic (exact) mass is 215 g/mol. The van der Waals surface area contributed by atoms with E-state index in [9.17, 15) is 4.79 Å². The van der Waals surface area contributed by atoms with Gasteiger partial charge in [-0.25, -0.2) is 0 Å². The summed E-state index contributed by atoms with van der Waals surface area (Å²) in [5, 5.41) is 9.15. The minimum absolute atomic E-state index is 0.0401. The van der Waals surface area contributed by atoms with E-state index < -0.39 is 5.41 Å². The standard InChI is InChI=1S/C14H17NO/c1-11(2)14(3,10-15)9-13(16)12-7-5-4-6-8-12/h4-8,11H,9H2,1-3H3/t14-/m0/s1. The summed E-state index contributed by atoms with van der Waals surface area (Å²) in [7, 11) is 0. The largest absolute Gasteiger partial charge is 0.294 e. The summed E-state index contributed by atoms with van der Waals surface area (Å²) in [5.74, 6) is 0.212. The molecule has 0 aliphatic heterocycles. The summed E-state index contributed by atoms with van der Waals surface area (Å²) in [6.45, 7) is 5.79. The van der Waals surface area contributed by atoms with Gasteiger partial charge in [-0.1, -0.05) is 44.2 Å². The van der Waals surface area contributed by atoms with Crippen molar-refractivity contribution in [2.24, 2.45) is 11.3 Å². The number of ketones is 1. The number of hydrogen-bond acceptors (Lipinski definition) is 2. The van der Waals surface area contributed by atoms with Crippen LogP contribution in [0.15, 0.2) is 30.3 Å². The Balaban J connectivity index is 2.83. The molecule has 0 heterocycles. The number of nitriles is 1. The molecule has 0 spiro atoms. The van der Waals surface area contributed by atoms with Gasteiger partial charge in [0.1, 0.15) is 0 Å². The average molecular weight is 215 g/mol. The van der Waals surface area contributed by atoms with E-state index in [4.69, 9.17) is 5.26 Å². The van der Waals surface area contributed by atoms with Crippen molar-refractivity contribution in [1.82, 2.24) is 0 Å². The van der Waals surface area contributed by atoms with Crippen molar-refractivity contribution < 1.29 is 4.79 Å². The van der Waals surface area contributed by atoms with E-state index in [-0.39, 0.29) is 18.1 Å². The van der Waals surface area contributed by atoms with E-state index in [0.29, 0.717) is 5.56 Å². The minimum Gasteiger partial charge on any atom is -0.294 e. The van der Waals surface area contributed by atoms with E-state index in [1.54, 1.807) is 12.1 Å². The Morgan fingerprint density at radius 1 is 1.38 bits per heavy atom. The molecule has 0 aliphatic rings. The molecule has 1 aromatic carbocycles. The third-order valence-electron chi connectivity index (χ3n) is 3.15. The van der Waals surface area contributed by atoms with Gasteiger partial charge in [0, 0.05) is 12.0 Å². The zero-order valence-electron chi connectivity index (χ0n) is 10.0. The van der Waals surface area contributed by atoms with Crippen LogP contribution in [0.2, 0.25) is 0 Å². The van der Waals surface area contributed by atoms with Crippen LogP contribution in [0.3, 0.4) is 0 Å². The van der Waals surface area contributed by atoms with Crippen LogP contribution in [-0.4, -0.2) is 5.78 Å². The Bertz CT molecular complexity index is 402. The Hall–Kier alpha value is -1.62. The molecule has 0 radical (unpaired) electrons. The molecule has 0 aliphatic carbocycles. The molecule has 1 rings (SSSR count). The number of nitrogens with zero attached hydrogens (tertiary/aromatic N) is 1. The first-order valence-electron chi connectivity index (χ1n) is 5.49. The van der Waals surface area contributed by atoms with Gasteiger partial charge in [0.2, 0.25) is 0 Å². The van der Waals surface area contributed by atoms with Crippen molar-refractivity contribution in [3.63, 3.8) is 0 Å². The summed E-state index contributed by atoms with van der Waals surface area (Å²) in [6.07, 6.45) is 0.283. The van der Waals surface area contributed by atoms with E-state index in [2.05, 4.69) is 6.07 Å². The number of benzene rings is 1. The Morgan fingerprint density at radius 3 is 2.38 bits per heavy atom. The van der Waals surface area contributed by atoms with Crippen LogP contribution in [0, 0.1) is 22.7 Å². The number of hydrogen-bond donors (Lipinski definition) is 0. The first kappa shape index (κ1) is 12.4. The molecule has 0 amide bonds. The summed E-state index contributed by atoms with van der Waals surface area (Å²) in [4.78, 5) is 12.0. The lowest BCUT2D eigenvalue weighted by Gasteiger charge is -2.24. The maximum Gasteiger partial charge on any atom is 0.164 e. The summed E-state index contributed by atoms with van der Waals surface area (Å²) in [5.41, 5.74) is 0.108. The number of carbonyl (C=O) groups is 1. The first-order chi connectivity index (χ1) is 7.49. The van der Waals surface area contributed by atoms with Gasteiger partial charge < -0.3 is 0 Å². The molecular weight excluding hydrogens is 198 g/mol. The number of rotatable bonds is 4. The molecule has 0 N–H and O–H groups in total. The lowest BCUT2D eigenvalue weighted by Crippen LogP contribution is -2.25. The van der Waals surface area contributed by atoms with Crippen molar-refractivity contribution in [3.8, 4) is 6.07 Å². The van der Waals surface area contributed by atoms with E-state index >= 15 is 0 Å². The molecule has 2 heteroatoms. The normalized spacial score (nSPS) is 14.2.